The highest BCUT2D eigenvalue weighted by atomic mass is 16.5. The number of hydrogen-bond acceptors (Lipinski definition) is 7. The van der Waals surface area contributed by atoms with Crippen molar-refractivity contribution in [2.45, 2.75) is 46.1 Å². The monoisotopic (exact) mass is 510 g/mol. The van der Waals surface area contributed by atoms with Gasteiger partial charge in [-0.3, -0.25) is 15.0 Å². The quantitative estimate of drug-likeness (QED) is 0.343. The van der Waals surface area contributed by atoms with E-state index >= 15 is 0 Å². The molecule has 0 saturated heterocycles. The lowest BCUT2D eigenvalue weighted by atomic mass is 9.84. The van der Waals surface area contributed by atoms with Gasteiger partial charge in [-0.15, -0.1) is 0 Å². The number of anilines is 1. The molecule has 2 aromatic rings. The summed E-state index contributed by atoms with van der Waals surface area (Å²) in [5.41, 5.74) is 4.04. The van der Waals surface area contributed by atoms with Crippen LogP contribution in [0.25, 0.3) is 0 Å². The van der Waals surface area contributed by atoms with Gasteiger partial charge in [0.15, 0.2) is 5.78 Å². The Hall–Kier alpha value is -3.59. The highest BCUT2D eigenvalue weighted by Crippen LogP contribution is 2.39. The molecule has 200 valence electrons. The number of fused-ring (bicyclic) bond motifs is 1. The maximum Gasteiger partial charge on any atom is 0.224 e. The minimum atomic E-state index is -0.287. The summed E-state index contributed by atoms with van der Waals surface area (Å²) in [7, 11) is 3.17. The molecule has 2 aromatic carbocycles. The van der Waals surface area contributed by atoms with Crippen molar-refractivity contribution in [3.63, 3.8) is 0 Å². The van der Waals surface area contributed by atoms with Gasteiger partial charge in [0.05, 0.1) is 39.0 Å². The lowest BCUT2D eigenvalue weighted by Gasteiger charge is -2.26. The fraction of sp³-hybridized carbons (Fsp3) is 0.464. The number of ether oxygens (including phenoxy) is 2. The van der Waals surface area contributed by atoms with Gasteiger partial charge in [-0.25, -0.2) is 0 Å². The van der Waals surface area contributed by atoms with E-state index in [-0.39, 0.29) is 42.5 Å². The zero-order valence-electron chi connectivity index (χ0n) is 22.6. The molecule has 0 unspecified atom stereocenters. The summed E-state index contributed by atoms with van der Waals surface area (Å²) >= 11 is 0. The number of aliphatic hydroxyl groups excluding tert-OH is 1. The molecular formula is C28H38N4O5. The van der Waals surface area contributed by atoms with Crippen LogP contribution in [0.1, 0.15) is 60.3 Å². The summed E-state index contributed by atoms with van der Waals surface area (Å²) in [6.45, 7) is 9.19. The highest BCUT2D eigenvalue weighted by molar-refractivity contribution is 6.06. The molecule has 0 saturated carbocycles. The molecule has 4 N–H and O–H groups in total. The van der Waals surface area contributed by atoms with Crippen molar-refractivity contribution < 1.29 is 24.2 Å². The molecule has 9 nitrogen and oxygen atoms in total. The van der Waals surface area contributed by atoms with E-state index in [0.29, 0.717) is 53.6 Å². The topological polar surface area (TPSA) is 124 Å². The average molecular weight is 511 g/mol. The van der Waals surface area contributed by atoms with Gasteiger partial charge >= 0.3 is 0 Å². The number of hydrogen-bond donors (Lipinski definition) is 4. The number of likely N-dealkylation sites (N-methyl/N-ethyl adjacent to an activating group) is 1. The number of ketones is 1. The Labute approximate surface area is 218 Å². The van der Waals surface area contributed by atoms with E-state index in [1.54, 1.807) is 25.1 Å². The third-order valence-corrected chi connectivity index (χ3v) is 6.33. The van der Waals surface area contributed by atoms with Crippen LogP contribution < -0.4 is 20.1 Å². The van der Waals surface area contributed by atoms with Gasteiger partial charge < -0.3 is 30.1 Å². The molecule has 0 aromatic heterocycles. The van der Waals surface area contributed by atoms with Crippen LogP contribution in [0.4, 0.5) is 5.69 Å². The second-order valence-electron chi connectivity index (χ2n) is 10.0. The molecule has 9 heteroatoms. The van der Waals surface area contributed by atoms with Crippen molar-refractivity contribution >= 4 is 23.2 Å². The first-order valence-corrected chi connectivity index (χ1v) is 12.5. The van der Waals surface area contributed by atoms with Crippen LogP contribution in [0, 0.1) is 5.41 Å². The summed E-state index contributed by atoms with van der Waals surface area (Å²) in [6.07, 6.45) is 0.149. The maximum absolute atomic E-state index is 13.5. The van der Waals surface area contributed by atoms with Crippen LogP contribution in [-0.2, 0) is 23.2 Å². The predicted molar refractivity (Wildman–Crippen MR) is 144 cm³/mol. The van der Waals surface area contributed by atoms with Gasteiger partial charge in [-0.1, -0.05) is 20.8 Å². The van der Waals surface area contributed by atoms with Crippen LogP contribution in [0.2, 0.25) is 0 Å². The van der Waals surface area contributed by atoms with Crippen LogP contribution in [-0.4, -0.2) is 68.0 Å². The summed E-state index contributed by atoms with van der Waals surface area (Å²) in [5, 5.41) is 23.8. The molecule has 1 aliphatic rings. The van der Waals surface area contributed by atoms with Gasteiger partial charge in [-0.2, -0.15) is 0 Å². The Morgan fingerprint density at radius 3 is 2.51 bits per heavy atom. The molecule has 1 amide bonds. The molecule has 1 aliphatic heterocycles. The predicted octanol–water partition coefficient (Wildman–Crippen LogP) is 3.11. The molecule has 0 fully saturated rings. The van der Waals surface area contributed by atoms with Crippen LogP contribution in [0.15, 0.2) is 24.3 Å². The molecule has 0 radical (unpaired) electrons. The van der Waals surface area contributed by atoms with Crippen molar-refractivity contribution in [3.05, 3.63) is 52.1 Å². The lowest BCUT2D eigenvalue weighted by Crippen LogP contribution is -2.30. The van der Waals surface area contributed by atoms with Crippen molar-refractivity contribution in [3.8, 4) is 11.5 Å². The van der Waals surface area contributed by atoms with E-state index in [4.69, 9.17) is 14.9 Å². The Bertz CT molecular complexity index is 1190. The van der Waals surface area contributed by atoms with Gasteiger partial charge in [-0.05, 0) is 42.2 Å². The summed E-state index contributed by atoms with van der Waals surface area (Å²) in [6, 6.07) is 7.29. The van der Waals surface area contributed by atoms with Crippen LogP contribution >= 0.6 is 0 Å². The molecular weight excluding hydrogens is 472 g/mol. The minimum Gasteiger partial charge on any atom is -0.494 e. The first-order chi connectivity index (χ1) is 17.5. The molecule has 3 rings (SSSR count). The number of amidine groups is 1. The van der Waals surface area contributed by atoms with E-state index in [1.165, 1.54) is 0 Å². The number of nitrogens with one attached hydrogen (secondary N) is 3. The summed E-state index contributed by atoms with van der Waals surface area (Å²) in [5.74, 6) is 1.24. The summed E-state index contributed by atoms with van der Waals surface area (Å²) in [4.78, 5) is 27.2. The van der Waals surface area contributed by atoms with Gasteiger partial charge in [0.1, 0.15) is 17.3 Å². The molecule has 1 heterocycles. The van der Waals surface area contributed by atoms with E-state index < -0.39 is 0 Å². The number of carbonyl (C=O) groups excluding carboxylic acids is 2. The van der Waals surface area contributed by atoms with Gasteiger partial charge in [0.25, 0.3) is 0 Å². The number of rotatable bonds is 11. The number of methoxy groups -OCH3 is 1. The minimum absolute atomic E-state index is 0.0254. The first-order valence-electron chi connectivity index (χ1n) is 12.5. The Kier molecular flexibility index (Phi) is 8.81. The molecule has 0 bridgehead atoms. The molecule has 0 atom stereocenters. The lowest BCUT2D eigenvalue weighted by molar-refractivity contribution is -0.119. The van der Waals surface area contributed by atoms with Gasteiger partial charge in [0, 0.05) is 42.4 Å². The van der Waals surface area contributed by atoms with E-state index in [9.17, 15) is 14.7 Å². The number of carbonyl (C=O) groups is 2. The number of benzene rings is 2. The van der Waals surface area contributed by atoms with Crippen molar-refractivity contribution in [2.24, 2.45) is 0 Å². The number of aliphatic hydroxyl groups is 1. The molecule has 0 spiro atoms. The van der Waals surface area contributed by atoms with Crippen molar-refractivity contribution in [1.29, 1.82) is 5.41 Å². The Balaban J connectivity index is 1.91. The third-order valence-electron chi connectivity index (χ3n) is 6.33. The molecule has 0 aliphatic carbocycles. The summed E-state index contributed by atoms with van der Waals surface area (Å²) < 4.78 is 11.4. The normalized spacial score (nSPS) is 12.8. The Morgan fingerprint density at radius 1 is 1.19 bits per heavy atom. The third kappa shape index (κ3) is 6.22. The number of amides is 1. The number of Topliss-reactive ketones (excluding diaryl/α,β-unsaturated/α-hetero) is 1. The first kappa shape index (κ1) is 28.0. The van der Waals surface area contributed by atoms with E-state index in [1.807, 2.05) is 45.9 Å². The maximum atomic E-state index is 13.5. The smallest absolute Gasteiger partial charge is 0.224 e. The standard InChI is InChI=1S/C28H38N4O5/c1-7-37-24-13-19-15-32(27(29)20(19)10-18(24)14-25(35)30-5)16-23(34)17-11-21(28(2,3)4)26(36-6)22(12-17)31-8-9-33/h10-13,29,31,33H,7-9,14-16H2,1-6H3,(H,30,35). The second-order valence-corrected chi connectivity index (χ2v) is 10.0. The zero-order chi connectivity index (χ0) is 27.3. The van der Waals surface area contributed by atoms with Gasteiger partial charge in [0.2, 0.25) is 5.91 Å². The van der Waals surface area contributed by atoms with Crippen LogP contribution in [0.5, 0.6) is 11.5 Å². The van der Waals surface area contributed by atoms with Crippen molar-refractivity contribution in [2.75, 3.05) is 45.8 Å². The fourth-order valence-electron chi connectivity index (χ4n) is 4.45. The highest BCUT2D eigenvalue weighted by Gasteiger charge is 2.30. The number of nitrogens with zero attached hydrogens (tertiary/aromatic N) is 1. The largest absolute Gasteiger partial charge is 0.494 e. The van der Waals surface area contributed by atoms with Crippen molar-refractivity contribution in [1.82, 2.24) is 10.2 Å². The second kappa shape index (κ2) is 11.6. The SMILES string of the molecule is CCOc1cc2c(cc1CC(=O)NC)C(=N)N(CC(=O)c1cc(NCCO)c(OC)c(C(C)(C)C)c1)C2. The van der Waals surface area contributed by atoms with Crippen LogP contribution in [0.3, 0.4) is 0 Å². The Morgan fingerprint density at radius 2 is 1.92 bits per heavy atom. The fourth-order valence-corrected chi connectivity index (χ4v) is 4.45. The van der Waals surface area contributed by atoms with E-state index in [2.05, 4.69) is 10.6 Å². The molecule has 37 heavy (non-hydrogen) atoms. The zero-order valence-corrected chi connectivity index (χ0v) is 22.6. The van der Waals surface area contributed by atoms with E-state index in [0.717, 1.165) is 11.1 Å². The average Bonchev–Trinajstić information content (AvgIpc) is 3.15.